The van der Waals surface area contributed by atoms with Crippen LogP contribution < -0.4 is 5.32 Å². The third-order valence-electron chi connectivity index (χ3n) is 3.50. The van der Waals surface area contributed by atoms with Crippen LogP contribution in [-0.2, 0) is 9.59 Å². The molecule has 2 amide bonds. The summed E-state index contributed by atoms with van der Waals surface area (Å²) in [4.78, 5) is 29.6. The fourth-order valence-corrected chi connectivity index (χ4v) is 3.54. The molecule has 1 saturated heterocycles. The van der Waals surface area contributed by atoms with Crippen LogP contribution in [-0.4, -0.2) is 46.3 Å². The molecule has 2 aliphatic heterocycles. The number of hydrogen-bond donors (Lipinski definition) is 1. The molecular weight excluding hydrogens is 238 g/mol. The Morgan fingerprint density at radius 1 is 1.29 bits per heavy atom. The standard InChI is InChI=1S/C11H15N3O2S/c15-9-8(12-7-3-1-2-4-7)10(16)14-5-6-17-11(14)13-9/h7-8,12H,1-6H2. The van der Waals surface area contributed by atoms with Gasteiger partial charge in [0.2, 0.25) is 0 Å². The highest BCUT2D eigenvalue weighted by molar-refractivity contribution is 8.14. The number of thioether (sulfide) groups is 1. The Balaban J connectivity index is 1.76. The third-order valence-corrected chi connectivity index (χ3v) is 4.46. The molecule has 0 aromatic carbocycles. The van der Waals surface area contributed by atoms with Crippen molar-refractivity contribution in [3.05, 3.63) is 0 Å². The first-order chi connectivity index (χ1) is 8.25. The van der Waals surface area contributed by atoms with Crippen LogP contribution in [0.4, 0.5) is 0 Å². The molecule has 0 aromatic heterocycles. The monoisotopic (exact) mass is 253 g/mol. The molecule has 2 heterocycles. The fraction of sp³-hybridized carbons (Fsp3) is 0.727. The molecule has 1 atom stereocenters. The van der Waals surface area contributed by atoms with Crippen LogP contribution in [0.5, 0.6) is 0 Å². The second kappa shape index (κ2) is 4.42. The lowest BCUT2D eigenvalue weighted by Crippen LogP contribution is -2.56. The van der Waals surface area contributed by atoms with Crippen LogP contribution in [0, 0.1) is 0 Å². The molecule has 3 rings (SSSR count). The number of carbonyl (C=O) groups is 2. The van der Waals surface area contributed by atoms with E-state index >= 15 is 0 Å². The molecule has 6 heteroatoms. The van der Waals surface area contributed by atoms with Gasteiger partial charge >= 0.3 is 0 Å². The first-order valence-electron chi connectivity index (χ1n) is 6.08. The molecule has 0 spiro atoms. The summed E-state index contributed by atoms with van der Waals surface area (Å²) < 4.78 is 0. The van der Waals surface area contributed by atoms with Crippen molar-refractivity contribution < 1.29 is 9.59 Å². The lowest BCUT2D eigenvalue weighted by Gasteiger charge is -2.27. The first kappa shape index (κ1) is 11.2. The summed E-state index contributed by atoms with van der Waals surface area (Å²) in [6.07, 6.45) is 4.48. The SMILES string of the molecule is O=C1N=C2SCCN2C(=O)C1NC1CCCC1. The molecule has 0 radical (unpaired) electrons. The van der Waals surface area contributed by atoms with Crippen LogP contribution in [0.1, 0.15) is 25.7 Å². The van der Waals surface area contributed by atoms with Gasteiger partial charge in [0.25, 0.3) is 11.8 Å². The van der Waals surface area contributed by atoms with Gasteiger partial charge in [-0.25, -0.2) is 0 Å². The maximum atomic E-state index is 12.2. The molecule has 2 fully saturated rings. The second-order valence-corrected chi connectivity index (χ2v) is 5.71. The minimum absolute atomic E-state index is 0.114. The number of amidine groups is 1. The van der Waals surface area contributed by atoms with Crippen molar-refractivity contribution in [2.24, 2.45) is 4.99 Å². The zero-order chi connectivity index (χ0) is 11.8. The van der Waals surface area contributed by atoms with Gasteiger partial charge in [-0.15, -0.1) is 0 Å². The highest BCUT2D eigenvalue weighted by Crippen LogP contribution is 2.24. The van der Waals surface area contributed by atoms with Gasteiger partial charge in [-0.05, 0) is 12.8 Å². The Labute approximate surface area is 104 Å². The summed E-state index contributed by atoms with van der Waals surface area (Å²) in [5, 5.41) is 3.76. The maximum absolute atomic E-state index is 12.2. The molecule has 5 nitrogen and oxygen atoms in total. The molecule has 17 heavy (non-hydrogen) atoms. The van der Waals surface area contributed by atoms with Gasteiger partial charge in [0, 0.05) is 18.3 Å². The lowest BCUT2D eigenvalue weighted by molar-refractivity contribution is -0.136. The van der Waals surface area contributed by atoms with Crippen molar-refractivity contribution in [3.8, 4) is 0 Å². The Bertz CT molecular complexity index is 390. The lowest BCUT2D eigenvalue weighted by atomic mass is 10.1. The van der Waals surface area contributed by atoms with E-state index in [9.17, 15) is 9.59 Å². The number of nitrogens with zero attached hydrogens (tertiary/aromatic N) is 2. The highest BCUT2D eigenvalue weighted by atomic mass is 32.2. The van der Waals surface area contributed by atoms with Gasteiger partial charge in [-0.3, -0.25) is 19.8 Å². The van der Waals surface area contributed by atoms with Crippen molar-refractivity contribution in [1.29, 1.82) is 0 Å². The topological polar surface area (TPSA) is 61.8 Å². The minimum atomic E-state index is -0.736. The largest absolute Gasteiger partial charge is 0.295 e. The Morgan fingerprint density at radius 3 is 2.82 bits per heavy atom. The number of carbonyl (C=O) groups excluding carboxylic acids is 2. The van der Waals surface area contributed by atoms with E-state index in [-0.39, 0.29) is 11.8 Å². The highest BCUT2D eigenvalue weighted by Gasteiger charge is 2.41. The number of fused-ring (bicyclic) bond motifs is 1. The van der Waals surface area contributed by atoms with E-state index in [1.165, 1.54) is 24.6 Å². The number of aliphatic imine (C=N–C) groups is 1. The molecule has 0 bridgehead atoms. The summed E-state index contributed by atoms with van der Waals surface area (Å²) in [6, 6.07) is -0.430. The summed E-state index contributed by atoms with van der Waals surface area (Å²) in [7, 11) is 0. The zero-order valence-electron chi connectivity index (χ0n) is 9.52. The fourth-order valence-electron chi connectivity index (χ4n) is 2.59. The van der Waals surface area contributed by atoms with Crippen molar-refractivity contribution in [3.63, 3.8) is 0 Å². The maximum Gasteiger partial charge on any atom is 0.274 e. The number of amides is 2. The summed E-state index contributed by atoms with van der Waals surface area (Å²) in [5.74, 6) is 0.410. The Kier molecular flexibility index (Phi) is 2.92. The van der Waals surface area contributed by atoms with Gasteiger partial charge in [-0.1, -0.05) is 24.6 Å². The Hall–Kier alpha value is -0.880. The van der Waals surface area contributed by atoms with E-state index in [1.807, 2.05) is 0 Å². The van der Waals surface area contributed by atoms with E-state index in [2.05, 4.69) is 10.3 Å². The van der Waals surface area contributed by atoms with E-state index < -0.39 is 6.04 Å². The molecule has 1 aliphatic carbocycles. The van der Waals surface area contributed by atoms with Gasteiger partial charge in [0.1, 0.15) is 0 Å². The van der Waals surface area contributed by atoms with Gasteiger partial charge in [-0.2, -0.15) is 4.99 Å². The quantitative estimate of drug-likeness (QED) is 0.722. The number of rotatable bonds is 2. The summed E-state index contributed by atoms with van der Waals surface area (Å²) >= 11 is 1.49. The van der Waals surface area contributed by atoms with Crippen molar-refractivity contribution in [1.82, 2.24) is 10.2 Å². The second-order valence-electron chi connectivity index (χ2n) is 4.65. The smallest absolute Gasteiger partial charge is 0.274 e. The van der Waals surface area contributed by atoms with E-state index in [4.69, 9.17) is 0 Å². The molecule has 1 unspecified atom stereocenters. The normalized spacial score (nSPS) is 29.8. The van der Waals surface area contributed by atoms with Gasteiger partial charge in [0.15, 0.2) is 11.2 Å². The van der Waals surface area contributed by atoms with Crippen LogP contribution >= 0.6 is 11.8 Å². The Morgan fingerprint density at radius 2 is 2.06 bits per heavy atom. The predicted octanol–water partition coefficient (Wildman–Crippen LogP) is 0.359. The molecular formula is C11H15N3O2S. The van der Waals surface area contributed by atoms with Crippen LogP contribution in [0.3, 0.4) is 0 Å². The van der Waals surface area contributed by atoms with E-state index in [1.54, 1.807) is 4.90 Å². The predicted molar refractivity (Wildman–Crippen MR) is 65.8 cm³/mol. The van der Waals surface area contributed by atoms with E-state index in [0.717, 1.165) is 18.6 Å². The molecule has 1 N–H and O–H groups in total. The number of nitrogens with one attached hydrogen (secondary N) is 1. The average molecular weight is 253 g/mol. The van der Waals surface area contributed by atoms with E-state index in [0.29, 0.717) is 17.8 Å². The van der Waals surface area contributed by atoms with Gasteiger partial charge < -0.3 is 0 Å². The average Bonchev–Trinajstić information content (AvgIpc) is 2.94. The van der Waals surface area contributed by atoms with Crippen molar-refractivity contribution >= 4 is 28.7 Å². The number of hydrogen-bond acceptors (Lipinski definition) is 4. The van der Waals surface area contributed by atoms with Crippen molar-refractivity contribution in [2.75, 3.05) is 12.3 Å². The summed E-state index contributed by atoms with van der Waals surface area (Å²) in [5.41, 5.74) is 0. The molecule has 92 valence electrons. The minimum Gasteiger partial charge on any atom is -0.295 e. The molecule has 1 saturated carbocycles. The molecule has 3 aliphatic rings. The van der Waals surface area contributed by atoms with Crippen LogP contribution in [0.25, 0.3) is 0 Å². The van der Waals surface area contributed by atoms with Crippen LogP contribution in [0.2, 0.25) is 0 Å². The third kappa shape index (κ3) is 1.99. The summed E-state index contributed by atoms with van der Waals surface area (Å²) in [6.45, 7) is 0.679. The van der Waals surface area contributed by atoms with Crippen molar-refractivity contribution in [2.45, 2.75) is 37.8 Å². The molecule has 0 aromatic rings. The first-order valence-corrected chi connectivity index (χ1v) is 7.07. The van der Waals surface area contributed by atoms with Gasteiger partial charge in [0.05, 0.1) is 0 Å². The van der Waals surface area contributed by atoms with Crippen LogP contribution in [0.15, 0.2) is 4.99 Å². The zero-order valence-corrected chi connectivity index (χ0v) is 10.3.